The molecule has 0 saturated carbocycles. The number of halogens is 2. The van der Waals surface area contributed by atoms with E-state index in [0.29, 0.717) is 17.1 Å². The minimum Gasteiger partial charge on any atom is -0.495 e. The SMILES string of the molecule is COc1cc(C)ccc1NCc1c(F)cccc1Cl. The van der Waals surface area contributed by atoms with Crippen molar-refractivity contribution in [3.05, 3.63) is 58.4 Å². The van der Waals surface area contributed by atoms with Crippen molar-refractivity contribution < 1.29 is 9.13 Å². The van der Waals surface area contributed by atoms with E-state index >= 15 is 0 Å². The van der Waals surface area contributed by atoms with Gasteiger partial charge in [0.05, 0.1) is 12.8 Å². The number of anilines is 1. The van der Waals surface area contributed by atoms with Gasteiger partial charge in [0.1, 0.15) is 11.6 Å². The van der Waals surface area contributed by atoms with Gasteiger partial charge in [0.15, 0.2) is 0 Å². The van der Waals surface area contributed by atoms with Gasteiger partial charge in [-0.3, -0.25) is 0 Å². The molecule has 4 heteroatoms. The lowest BCUT2D eigenvalue weighted by atomic mass is 10.2. The molecule has 0 aromatic heterocycles. The monoisotopic (exact) mass is 279 g/mol. The van der Waals surface area contributed by atoms with E-state index in [2.05, 4.69) is 5.32 Å². The van der Waals surface area contributed by atoms with Gasteiger partial charge in [0, 0.05) is 17.1 Å². The lowest BCUT2D eigenvalue weighted by Crippen LogP contribution is -2.04. The van der Waals surface area contributed by atoms with E-state index in [-0.39, 0.29) is 5.82 Å². The molecule has 0 spiro atoms. The van der Waals surface area contributed by atoms with Crippen LogP contribution < -0.4 is 10.1 Å². The van der Waals surface area contributed by atoms with Crippen molar-refractivity contribution in [3.63, 3.8) is 0 Å². The molecule has 2 nitrogen and oxygen atoms in total. The molecular weight excluding hydrogens is 265 g/mol. The van der Waals surface area contributed by atoms with Gasteiger partial charge in [-0.15, -0.1) is 0 Å². The van der Waals surface area contributed by atoms with E-state index in [1.165, 1.54) is 6.07 Å². The first-order valence-corrected chi connectivity index (χ1v) is 6.31. The lowest BCUT2D eigenvalue weighted by Gasteiger charge is -2.13. The number of rotatable bonds is 4. The third kappa shape index (κ3) is 3.18. The highest BCUT2D eigenvalue weighted by molar-refractivity contribution is 6.31. The zero-order chi connectivity index (χ0) is 13.8. The third-order valence-corrected chi connectivity index (χ3v) is 3.23. The van der Waals surface area contributed by atoms with Crippen LogP contribution in [-0.2, 0) is 6.54 Å². The quantitative estimate of drug-likeness (QED) is 0.895. The van der Waals surface area contributed by atoms with Gasteiger partial charge >= 0.3 is 0 Å². The lowest BCUT2D eigenvalue weighted by molar-refractivity contribution is 0.416. The van der Waals surface area contributed by atoms with Crippen molar-refractivity contribution in [1.82, 2.24) is 0 Å². The molecule has 0 unspecified atom stereocenters. The smallest absolute Gasteiger partial charge is 0.142 e. The number of aryl methyl sites for hydroxylation is 1. The molecule has 100 valence electrons. The summed E-state index contributed by atoms with van der Waals surface area (Å²) in [5, 5.41) is 3.56. The van der Waals surface area contributed by atoms with E-state index in [1.807, 2.05) is 25.1 Å². The first-order valence-electron chi connectivity index (χ1n) is 5.93. The standard InChI is InChI=1S/C15H15ClFNO/c1-10-6-7-14(15(8-10)19-2)18-9-11-12(16)4-3-5-13(11)17/h3-8,18H,9H2,1-2H3. The Morgan fingerprint density at radius 3 is 2.74 bits per heavy atom. The van der Waals surface area contributed by atoms with Crippen LogP contribution in [0.25, 0.3) is 0 Å². The van der Waals surface area contributed by atoms with Crippen LogP contribution in [0.4, 0.5) is 10.1 Å². The van der Waals surface area contributed by atoms with Gasteiger partial charge < -0.3 is 10.1 Å². The molecule has 19 heavy (non-hydrogen) atoms. The van der Waals surface area contributed by atoms with E-state index < -0.39 is 0 Å². The minimum atomic E-state index is -0.314. The average molecular weight is 280 g/mol. The summed E-state index contributed by atoms with van der Waals surface area (Å²) in [4.78, 5) is 0. The first-order chi connectivity index (χ1) is 9.11. The second-order valence-electron chi connectivity index (χ2n) is 4.26. The van der Waals surface area contributed by atoms with Gasteiger partial charge in [-0.25, -0.2) is 4.39 Å². The van der Waals surface area contributed by atoms with Crippen molar-refractivity contribution >= 4 is 17.3 Å². The number of benzene rings is 2. The molecule has 2 rings (SSSR count). The van der Waals surface area contributed by atoms with Gasteiger partial charge in [0.25, 0.3) is 0 Å². The van der Waals surface area contributed by atoms with Gasteiger partial charge in [-0.05, 0) is 36.8 Å². The molecule has 0 saturated heterocycles. The fourth-order valence-corrected chi connectivity index (χ4v) is 2.06. The summed E-state index contributed by atoms with van der Waals surface area (Å²) in [5.74, 6) is 0.415. The van der Waals surface area contributed by atoms with E-state index in [1.54, 1.807) is 19.2 Å². The number of hydrogen-bond acceptors (Lipinski definition) is 2. The Balaban J connectivity index is 2.19. The predicted molar refractivity (Wildman–Crippen MR) is 76.5 cm³/mol. The van der Waals surface area contributed by atoms with Crippen LogP contribution in [-0.4, -0.2) is 7.11 Å². The maximum atomic E-state index is 13.6. The van der Waals surface area contributed by atoms with Crippen LogP contribution in [0.5, 0.6) is 5.75 Å². The number of hydrogen-bond donors (Lipinski definition) is 1. The highest BCUT2D eigenvalue weighted by atomic mass is 35.5. The highest BCUT2D eigenvalue weighted by Gasteiger charge is 2.08. The second-order valence-corrected chi connectivity index (χ2v) is 4.66. The van der Waals surface area contributed by atoms with Crippen LogP contribution in [0.2, 0.25) is 5.02 Å². The number of ether oxygens (including phenoxy) is 1. The third-order valence-electron chi connectivity index (χ3n) is 2.87. The molecule has 0 radical (unpaired) electrons. The fourth-order valence-electron chi connectivity index (χ4n) is 1.83. The van der Waals surface area contributed by atoms with Gasteiger partial charge in [-0.2, -0.15) is 0 Å². The van der Waals surface area contributed by atoms with Crippen LogP contribution in [0.1, 0.15) is 11.1 Å². The van der Waals surface area contributed by atoms with Gasteiger partial charge in [0.2, 0.25) is 0 Å². The molecule has 2 aromatic carbocycles. The molecule has 1 N–H and O–H groups in total. The Labute approximate surface area is 117 Å². The molecule has 0 aliphatic rings. The van der Waals surface area contributed by atoms with Crippen LogP contribution >= 0.6 is 11.6 Å². The Kier molecular flexibility index (Phi) is 4.27. The normalized spacial score (nSPS) is 10.3. The maximum absolute atomic E-state index is 13.6. The summed E-state index contributed by atoms with van der Waals surface area (Å²) in [6, 6.07) is 10.5. The molecule has 0 amide bonds. The molecule has 0 fully saturated rings. The topological polar surface area (TPSA) is 21.3 Å². The van der Waals surface area contributed by atoms with E-state index in [4.69, 9.17) is 16.3 Å². The average Bonchev–Trinajstić information content (AvgIpc) is 2.39. The number of methoxy groups -OCH3 is 1. The molecule has 0 heterocycles. The summed E-state index contributed by atoms with van der Waals surface area (Å²) in [6.45, 7) is 2.30. The van der Waals surface area contributed by atoms with Crippen LogP contribution in [0, 0.1) is 12.7 Å². The zero-order valence-corrected chi connectivity index (χ0v) is 11.6. The van der Waals surface area contributed by atoms with Crippen molar-refractivity contribution in [2.75, 3.05) is 12.4 Å². The Morgan fingerprint density at radius 1 is 1.26 bits per heavy atom. The fraction of sp³-hybridized carbons (Fsp3) is 0.200. The summed E-state index contributed by atoms with van der Waals surface area (Å²) in [7, 11) is 1.61. The van der Waals surface area contributed by atoms with Crippen molar-refractivity contribution in [2.45, 2.75) is 13.5 Å². The molecule has 2 aromatic rings. The Morgan fingerprint density at radius 2 is 2.05 bits per heavy atom. The van der Waals surface area contributed by atoms with Crippen LogP contribution in [0.3, 0.4) is 0 Å². The second kappa shape index (κ2) is 5.93. The highest BCUT2D eigenvalue weighted by Crippen LogP contribution is 2.27. The predicted octanol–water partition coefficient (Wildman–Crippen LogP) is 4.41. The minimum absolute atomic E-state index is 0.310. The summed E-state index contributed by atoms with van der Waals surface area (Å²) < 4.78 is 18.9. The molecule has 0 bridgehead atoms. The van der Waals surface area contributed by atoms with Crippen molar-refractivity contribution in [3.8, 4) is 5.75 Å². The summed E-state index contributed by atoms with van der Waals surface area (Å²) in [6.07, 6.45) is 0. The molecule has 0 aliphatic heterocycles. The number of nitrogens with one attached hydrogen (secondary N) is 1. The van der Waals surface area contributed by atoms with Crippen molar-refractivity contribution in [1.29, 1.82) is 0 Å². The molecule has 0 atom stereocenters. The summed E-state index contributed by atoms with van der Waals surface area (Å²) in [5.41, 5.74) is 2.37. The zero-order valence-electron chi connectivity index (χ0n) is 10.8. The van der Waals surface area contributed by atoms with E-state index in [0.717, 1.165) is 17.0 Å². The van der Waals surface area contributed by atoms with Crippen molar-refractivity contribution in [2.24, 2.45) is 0 Å². The molecular formula is C15H15ClFNO. The Hall–Kier alpha value is -1.74. The van der Waals surface area contributed by atoms with Gasteiger partial charge in [-0.1, -0.05) is 23.7 Å². The summed E-state index contributed by atoms with van der Waals surface area (Å²) >= 11 is 5.98. The van der Waals surface area contributed by atoms with Crippen LogP contribution in [0.15, 0.2) is 36.4 Å². The maximum Gasteiger partial charge on any atom is 0.142 e. The molecule has 0 aliphatic carbocycles. The largest absolute Gasteiger partial charge is 0.495 e. The Bertz CT molecular complexity index is 566. The first kappa shape index (κ1) is 13.7. The van der Waals surface area contributed by atoms with E-state index in [9.17, 15) is 4.39 Å².